The van der Waals surface area contributed by atoms with E-state index in [1.807, 2.05) is 12.1 Å². The van der Waals surface area contributed by atoms with Gasteiger partial charge >= 0.3 is 0 Å². The highest BCUT2D eigenvalue weighted by molar-refractivity contribution is 5.82. The van der Waals surface area contributed by atoms with E-state index < -0.39 is 0 Å². The summed E-state index contributed by atoms with van der Waals surface area (Å²) in [5.41, 5.74) is 0.352. The van der Waals surface area contributed by atoms with Crippen LogP contribution in [0.5, 0.6) is 0 Å². The second-order valence-electron chi connectivity index (χ2n) is 7.61. The van der Waals surface area contributed by atoms with E-state index >= 15 is 0 Å². The van der Waals surface area contributed by atoms with E-state index in [1.165, 1.54) is 12.8 Å². The van der Waals surface area contributed by atoms with Crippen molar-refractivity contribution in [3.05, 3.63) is 24.2 Å². The minimum atomic E-state index is 0.0463. The molecule has 1 spiro atoms. The van der Waals surface area contributed by atoms with Crippen LogP contribution in [-0.4, -0.2) is 61.5 Å². The van der Waals surface area contributed by atoms with E-state index in [2.05, 4.69) is 29.1 Å². The van der Waals surface area contributed by atoms with Gasteiger partial charge in [-0.2, -0.15) is 0 Å². The summed E-state index contributed by atoms with van der Waals surface area (Å²) < 4.78 is 5.33. The van der Waals surface area contributed by atoms with Gasteiger partial charge in [0.1, 0.15) is 5.76 Å². The highest BCUT2D eigenvalue weighted by Crippen LogP contribution is 2.43. The third kappa shape index (κ3) is 4.01. The van der Waals surface area contributed by atoms with Crippen molar-refractivity contribution in [3.63, 3.8) is 0 Å². The Hall–Kier alpha value is -1.33. The van der Waals surface area contributed by atoms with Crippen molar-refractivity contribution in [1.82, 2.24) is 15.1 Å². The predicted octanol–water partition coefficient (Wildman–Crippen LogP) is 2.13. The third-order valence-corrected chi connectivity index (χ3v) is 5.72. The highest BCUT2D eigenvalue weighted by Gasteiger charge is 2.47. The summed E-state index contributed by atoms with van der Waals surface area (Å²) in [6.07, 6.45) is 7.01. The monoisotopic (exact) mass is 333 g/mol. The van der Waals surface area contributed by atoms with Crippen LogP contribution in [0.15, 0.2) is 22.8 Å². The molecule has 1 aromatic rings. The third-order valence-electron chi connectivity index (χ3n) is 5.72. The van der Waals surface area contributed by atoms with Crippen LogP contribution in [0.2, 0.25) is 0 Å². The molecule has 2 aliphatic rings. The lowest BCUT2D eigenvalue weighted by atomic mass is 9.76. The second-order valence-corrected chi connectivity index (χ2v) is 7.61. The van der Waals surface area contributed by atoms with Crippen molar-refractivity contribution in [2.45, 2.75) is 45.1 Å². The Labute approximate surface area is 145 Å². The molecule has 0 aromatic carbocycles. The number of hydrogen-bond acceptors (Lipinski definition) is 4. The van der Waals surface area contributed by atoms with Gasteiger partial charge in [-0.05, 0) is 69.9 Å². The number of likely N-dealkylation sites (tertiary alicyclic amines) is 2. The fourth-order valence-electron chi connectivity index (χ4n) is 4.26. The summed E-state index contributed by atoms with van der Waals surface area (Å²) in [6.45, 7) is 7.28. The molecule has 2 aliphatic heterocycles. The van der Waals surface area contributed by atoms with Gasteiger partial charge in [-0.15, -0.1) is 0 Å². The predicted molar refractivity (Wildman–Crippen MR) is 94.9 cm³/mol. The summed E-state index contributed by atoms with van der Waals surface area (Å²) in [5.74, 6) is 1.13. The highest BCUT2D eigenvalue weighted by atomic mass is 16.3. The normalized spacial score (nSPS) is 24.5. The van der Waals surface area contributed by atoms with Crippen molar-refractivity contribution in [1.29, 1.82) is 0 Å². The number of piperidine rings is 1. The molecule has 2 saturated heterocycles. The molecule has 24 heavy (non-hydrogen) atoms. The average Bonchev–Trinajstić information content (AvgIpc) is 3.20. The zero-order chi connectivity index (χ0) is 17.0. The number of carbonyl (C=O) groups excluding carboxylic acids is 1. The van der Waals surface area contributed by atoms with Gasteiger partial charge in [-0.3, -0.25) is 9.69 Å². The topological polar surface area (TPSA) is 48.7 Å². The molecule has 134 valence electrons. The molecule has 3 rings (SSSR count). The molecule has 1 aromatic heterocycles. The summed E-state index contributed by atoms with van der Waals surface area (Å²) in [4.78, 5) is 17.6. The van der Waals surface area contributed by atoms with E-state index in [0.29, 0.717) is 12.0 Å². The molecular formula is C19H31N3O2. The summed E-state index contributed by atoms with van der Waals surface area (Å²) in [7, 11) is 2.20. The molecular weight excluding hydrogens is 302 g/mol. The summed E-state index contributed by atoms with van der Waals surface area (Å²) in [6, 6.07) is 3.89. The number of furan rings is 1. The first-order chi connectivity index (χ1) is 11.6. The van der Waals surface area contributed by atoms with Crippen LogP contribution in [0.25, 0.3) is 0 Å². The first-order valence-corrected chi connectivity index (χ1v) is 9.34. The van der Waals surface area contributed by atoms with Crippen LogP contribution < -0.4 is 5.32 Å². The molecule has 0 aliphatic carbocycles. The maximum atomic E-state index is 12.8. The molecule has 1 atom stereocenters. The molecule has 0 unspecified atom stereocenters. The van der Waals surface area contributed by atoms with E-state index in [9.17, 15) is 4.79 Å². The van der Waals surface area contributed by atoms with E-state index in [0.717, 1.165) is 51.2 Å². The summed E-state index contributed by atoms with van der Waals surface area (Å²) >= 11 is 0. The Bertz CT molecular complexity index is 521. The van der Waals surface area contributed by atoms with Crippen LogP contribution in [-0.2, 0) is 11.2 Å². The van der Waals surface area contributed by atoms with Crippen molar-refractivity contribution in [3.8, 4) is 0 Å². The quantitative estimate of drug-likeness (QED) is 0.866. The van der Waals surface area contributed by atoms with Gasteiger partial charge in [0.25, 0.3) is 0 Å². The van der Waals surface area contributed by atoms with Gasteiger partial charge in [0.15, 0.2) is 0 Å². The Morgan fingerprint density at radius 1 is 1.42 bits per heavy atom. The van der Waals surface area contributed by atoms with E-state index in [4.69, 9.17) is 4.42 Å². The van der Waals surface area contributed by atoms with Crippen LogP contribution in [0.4, 0.5) is 0 Å². The fourth-order valence-corrected chi connectivity index (χ4v) is 4.26. The Balaban J connectivity index is 1.56. The van der Waals surface area contributed by atoms with Gasteiger partial charge in [0.2, 0.25) is 5.91 Å². The lowest BCUT2D eigenvalue weighted by Gasteiger charge is -2.37. The molecule has 1 N–H and O–H groups in total. The molecule has 5 heteroatoms. The Kier molecular flexibility index (Phi) is 5.61. The molecule has 0 bridgehead atoms. The number of rotatable bonds is 6. The maximum absolute atomic E-state index is 12.8. The van der Waals surface area contributed by atoms with Crippen molar-refractivity contribution in [2.24, 2.45) is 5.41 Å². The van der Waals surface area contributed by atoms with Crippen molar-refractivity contribution in [2.75, 3.05) is 39.8 Å². The second kappa shape index (κ2) is 7.70. The van der Waals surface area contributed by atoms with Crippen LogP contribution >= 0.6 is 0 Å². The maximum Gasteiger partial charge on any atom is 0.237 e. The molecule has 1 amide bonds. The first kappa shape index (κ1) is 17.5. The largest absolute Gasteiger partial charge is 0.469 e. The van der Waals surface area contributed by atoms with Gasteiger partial charge in [0, 0.05) is 19.5 Å². The van der Waals surface area contributed by atoms with Gasteiger partial charge in [0.05, 0.1) is 12.3 Å². The fraction of sp³-hybridized carbons (Fsp3) is 0.737. The SMILES string of the molecule is CCCN1CC2(CCN(C)CC2)C[C@@H]1C(=O)NCCc1ccco1. The van der Waals surface area contributed by atoms with Crippen LogP contribution in [0.1, 0.15) is 38.4 Å². The molecule has 3 heterocycles. The van der Waals surface area contributed by atoms with Gasteiger partial charge < -0.3 is 14.6 Å². The average molecular weight is 333 g/mol. The van der Waals surface area contributed by atoms with Crippen molar-refractivity contribution < 1.29 is 9.21 Å². The number of hydrogen-bond donors (Lipinski definition) is 1. The Morgan fingerprint density at radius 2 is 2.21 bits per heavy atom. The van der Waals surface area contributed by atoms with Crippen molar-refractivity contribution >= 4 is 5.91 Å². The number of nitrogens with zero attached hydrogens (tertiary/aromatic N) is 2. The van der Waals surface area contributed by atoms with Gasteiger partial charge in [-0.25, -0.2) is 0 Å². The molecule has 5 nitrogen and oxygen atoms in total. The van der Waals surface area contributed by atoms with Crippen LogP contribution in [0.3, 0.4) is 0 Å². The number of amides is 1. The lowest BCUT2D eigenvalue weighted by Crippen LogP contribution is -2.44. The lowest BCUT2D eigenvalue weighted by molar-refractivity contribution is -0.125. The molecule has 0 radical (unpaired) electrons. The Morgan fingerprint density at radius 3 is 2.88 bits per heavy atom. The molecule has 0 saturated carbocycles. The van der Waals surface area contributed by atoms with Gasteiger partial charge in [-0.1, -0.05) is 6.92 Å². The smallest absolute Gasteiger partial charge is 0.237 e. The zero-order valence-electron chi connectivity index (χ0n) is 15.1. The van der Waals surface area contributed by atoms with Crippen LogP contribution in [0, 0.1) is 5.41 Å². The molecule has 2 fully saturated rings. The first-order valence-electron chi connectivity index (χ1n) is 9.34. The number of nitrogens with one attached hydrogen (secondary N) is 1. The van der Waals surface area contributed by atoms with E-state index in [1.54, 1.807) is 6.26 Å². The standard InChI is InChI=1S/C19H31N3O2/c1-3-10-22-15-19(7-11-21(2)12-8-19)14-17(22)18(23)20-9-6-16-5-4-13-24-16/h4-5,13,17H,3,6-12,14-15H2,1-2H3,(H,20,23)/t17-/m1/s1. The minimum Gasteiger partial charge on any atom is -0.469 e. The zero-order valence-corrected chi connectivity index (χ0v) is 15.1. The summed E-state index contributed by atoms with van der Waals surface area (Å²) in [5, 5.41) is 3.13. The minimum absolute atomic E-state index is 0.0463. The van der Waals surface area contributed by atoms with E-state index in [-0.39, 0.29) is 11.9 Å². The number of carbonyl (C=O) groups is 1.